The van der Waals surface area contributed by atoms with Crippen LogP contribution in [0.15, 0.2) is 29.3 Å². The Morgan fingerprint density at radius 3 is 2.71 bits per heavy atom. The first-order valence-corrected chi connectivity index (χ1v) is 12.3. The molecule has 0 atom stereocenters. The highest BCUT2D eigenvalue weighted by Gasteiger charge is 2.32. The van der Waals surface area contributed by atoms with Crippen molar-refractivity contribution in [1.82, 2.24) is 25.0 Å². The highest BCUT2D eigenvalue weighted by molar-refractivity contribution is 6.35. The largest absolute Gasteiger partial charge is 0.489 e. The van der Waals surface area contributed by atoms with Crippen molar-refractivity contribution in [3.8, 4) is 16.9 Å². The van der Waals surface area contributed by atoms with Crippen molar-refractivity contribution in [3.05, 3.63) is 67.9 Å². The van der Waals surface area contributed by atoms with Crippen LogP contribution in [0.3, 0.4) is 0 Å². The normalized spacial score (nSPS) is 13.5. The molecule has 0 fully saturated rings. The molecule has 0 bridgehead atoms. The molecule has 0 unspecified atom stereocenters. The quantitative estimate of drug-likeness (QED) is 0.495. The summed E-state index contributed by atoms with van der Waals surface area (Å²) < 4.78 is 7.88. The molecular weight excluding hydrogens is 466 g/mol. The predicted molar refractivity (Wildman–Crippen MR) is 137 cm³/mol. The van der Waals surface area contributed by atoms with E-state index in [1.54, 1.807) is 4.90 Å². The number of H-pyrrole nitrogens is 1. The highest BCUT2D eigenvalue weighted by Crippen LogP contribution is 2.41. The first-order chi connectivity index (χ1) is 16.7. The number of halogens is 1. The third-order valence-electron chi connectivity index (χ3n) is 6.21. The highest BCUT2D eigenvalue weighted by atomic mass is 35.5. The van der Waals surface area contributed by atoms with Crippen LogP contribution in [0.4, 0.5) is 0 Å². The zero-order chi connectivity index (χ0) is 25.3. The maximum absolute atomic E-state index is 13.7. The zero-order valence-corrected chi connectivity index (χ0v) is 21.6. The second-order valence-corrected chi connectivity index (χ2v) is 9.65. The number of carbonyl (C=O) groups is 1. The van der Waals surface area contributed by atoms with Gasteiger partial charge in [0.2, 0.25) is 0 Å². The van der Waals surface area contributed by atoms with Crippen molar-refractivity contribution >= 4 is 17.5 Å². The van der Waals surface area contributed by atoms with E-state index >= 15 is 0 Å². The van der Waals surface area contributed by atoms with Gasteiger partial charge in [-0.3, -0.25) is 14.3 Å². The van der Waals surface area contributed by atoms with E-state index in [2.05, 4.69) is 15.4 Å². The Bertz CT molecular complexity index is 1310. The Labute approximate surface area is 210 Å². The Morgan fingerprint density at radius 2 is 2.03 bits per heavy atom. The summed E-state index contributed by atoms with van der Waals surface area (Å²) in [5.41, 5.74) is 5.21. The Balaban J connectivity index is 1.76. The van der Waals surface area contributed by atoms with E-state index in [4.69, 9.17) is 16.3 Å². The molecule has 0 saturated heterocycles. The number of aryl methyl sites for hydroxylation is 2. The first kappa shape index (κ1) is 25.0. The molecule has 0 spiro atoms. The number of nitrogens with one attached hydrogen (secondary N) is 2. The SMILES string of the molecule is CNCCn1cc(-c2cc(OC(C)C)c(Cl)c3c2CCN(Cc2c(C)cc(C)[nH]c2=O)C3=O)cn1. The van der Waals surface area contributed by atoms with Crippen molar-refractivity contribution in [2.45, 2.75) is 53.3 Å². The molecule has 0 radical (unpaired) electrons. The lowest BCUT2D eigenvalue weighted by Gasteiger charge is -2.31. The Morgan fingerprint density at radius 1 is 1.26 bits per heavy atom. The van der Waals surface area contributed by atoms with Crippen LogP contribution in [0.25, 0.3) is 11.1 Å². The van der Waals surface area contributed by atoms with Gasteiger partial charge in [0.1, 0.15) is 5.75 Å². The fraction of sp³-hybridized carbons (Fsp3) is 0.423. The van der Waals surface area contributed by atoms with Gasteiger partial charge in [-0.05, 0) is 70.0 Å². The van der Waals surface area contributed by atoms with Gasteiger partial charge < -0.3 is 19.9 Å². The molecule has 1 aliphatic rings. The van der Waals surface area contributed by atoms with Gasteiger partial charge in [-0.2, -0.15) is 5.10 Å². The number of pyridine rings is 1. The topological polar surface area (TPSA) is 92.2 Å². The number of aromatic nitrogens is 3. The van der Waals surface area contributed by atoms with Gasteiger partial charge in [0.05, 0.1) is 36.0 Å². The van der Waals surface area contributed by atoms with Crippen molar-refractivity contribution in [2.75, 3.05) is 20.1 Å². The molecule has 1 amide bonds. The number of ether oxygens (including phenoxy) is 1. The van der Waals surface area contributed by atoms with Crippen molar-refractivity contribution in [1.29, 1.82) is 0 Å². The van der Waals surface area contributed by atoms with Gasteiger partial charge in [0.15, 0.2) is 0 Å². The van der Waals surface area contributed by atoms with E-state index in [0.29, 0.717) is 34.9 Å². The second-order valence-electron chi connectivity index (χ2n) is 9.27. The van der Waals surface area contributed by atoms with Crippen LogP contribution in [0.1, 0.15) is 46.6 Å². The van der Waals surface area contributed by atoms with Crippen molar-refractivity contribution in [3.63, 3.8) is 0 Å². The molecular formula is C26H32ClN5O3. The summed E-state index contributed by atoms with van der Waals surface area (Å²) in [6, 6.07) is 3.84. The number of carbonyl (C=O) groups excluding carboxylic acids is 1. The monoisotopic (exact) mass is 497 g/mol. The lowest BCUT2D eigenvalue weighted by Crippen LogP contribution is -2.39. The van der Waals surface area contributed by atoms with Crippen LogP contribution < -0.4 is 15.6 Å². The van der Waals surface area contributed by atoms with Crippen LogP contribution >= 0.6 is 11.6 Å². The van der Waals surface area contributed by atoms with Gasteiger partial charge in [-0.25, -0.2) is 0 Å². The predicted octanol–water partition coefficient (Wildman–Crippen LogP) is 3.71. The Hall–Kier alpha value is -3.10. The molecule has 9 heteroatoms. The van der Waals surface area contributed by atoms with E-state index in [9.17, 15) is 9.59 Å². The molecule has 4 rings (SSSR count). The number of fused-ring (bicyclic) bond motifs is 1. The maximum atomic E-state index is 13.7. The molecule has 186 valence electrons. The fourth-order valence-corrected chi connectivity index (χ4v) is 4.82. The molecule has 0 saturated carbocycles. The number of likely N-dealkylation sites (N-methyl/N-ethyl adjacent to an activating group) is 1. The number of amides is 1. The van der Waals surface area contributed by atoms with Gasteiger partial charge in [0.25, 0.3) is 11.5 Å². The van der Waals surface area contributed by atoms with Crippen molar-refractivity contribution in [2.24, 2.45) is 0 Å². The van der Waals surface area contributed by atoms with Crippen molar-refractivity contribution < 1.29 is 9.53 Å². The molecule has 3 aromatic rings. The van der Waals surface area contributed by atoms with E-state index in [0.717, 1.165) is 41.0 Å². The average Bonchev–Trinajstić information content (AvgIpc) is 3.26. The first-order valence-electron chi connectivity index (χ1n) is 11.9. The number of aromatic amines is 1. The average molecular weight is 498 g/mol. The molecule has 8 nitrogen and oxygen atoms in total. The summed E-state index contributed by atoms with van der Waals surface area (Å²) >= 11 is 6.78. The summed E-state index contributed by atoms with van der Waals surface area (Å²) in [6.45, 7) is 9.83. The van der Waals surface area contributed by atoms with E-state index in [1.165, 1.54) is 0 Å². The molecule has 2 aromatic heterocycles. The lowest BCUT2D eigenvalue weighted by atomic mass is 9.90. The van der Waals surface area contributed by atoms with E-state index in [-0.39, 0.29) is 24.1 Å². The van der Waals surface area contributed by atoms with Gasteiger partial charge >= 0.3 is 0 Å². The maximum Gasteiger partial charge on any atom is 0.256 e. The third-order valence-corrected chi connectivity index (χ3v) is 6.59. The van der Waals surface area contributed by atoms with E-state index in [1.807, 2.05) is 64.0 Å². The molecule has 0 aliphatic carbocycles. The smallest absolute Gasteiger partial charge is 0.256 e. The van der Waals surface area contributed by atoms with Crippen LogP contribution in [0, 0.1) is 13.8 Å². The minimum atomic E-state index is -0.200. The van der Waals surface area contributed by atoms with Crippen LogP contribution in [0.2, 0.25) is 5.02 Å². The summed E-state index contributed by atoms with van der Waals surface area (Å²) in [4.78, 5) is 30.9. The molecule has 3 heterocycles. The molecule has 35 heavy (non-hydrogen) atoms. The summed E-state index contributed by atoms with van der Waals surface area (Å²) in [6.07, 6.45) is 4.29. The number of hydrogen-bond acceptors (Lipinski definition) is 5. The molecule has 1 aliphatic heterocycles. The van der Waals surface area contributed by atoms with Gasteiger partial charge in [0, 0.05) is 36.1 Å². The Kier molecular flexibility index (Phi) is 7.33. The molecule has 1 aromatic carbocycles. The zero-order valence-electron chi connectivity index (χ0n) is 20.9. The van der Waals surface area contributed by atoms with E-state index < -0.39 is 0 Å². The minimum absolute atomic E-state index is 0.111. The number of hydrogen-bond donors (Lipinski definition) is 2. The van der Waals surface area contributed by atoms with Gasteiger partial charge in [-0.1, -0.05) is 11.6 Å². The third kappa shape index (κ3) is 5.13. The number of rotatable bonds is 8. The van der Waals surface area contributed by atoms with Crippen LogP contribution in [-0.4, -0.2) is 51.8 Å². The lowest BCUT2D eigenvalue weighted by molar-refractivity contribution is 0.0725. The summed E-state index contributed by atoms with van der Waals surface area (Å²) in [5, 5.41) is 7.91. The second kappa shape index (κ2) is 10.3. The number of benzene rings is 1. The fourth-order valence-electron chi connectivity index (χ4n) is 4.53. The summed E-state index contributed by atoms with van der Waals surface area (Å²) in [5.74, 6) is 0.270. The number of nitrogens with zero attached hydrogens (tertiary/aromatic N) is 3. The standard InChI is InChI=1S/C26H32ClN5O3/c1-15(2)35-22-11-20(18-12-29-32(13-18)9-7-28-5)19-6-8-31(26(34)23(19)24(22)27)14-21-16(3)10-17(4)30-25(21)33/h10-13,15,28H,6-9,14H2,1-5H3,(H,30,33). The van der Waals surface area contributed by atoms with Crippen LogP contribution in [0.5, 0.6) is 5.75 Å². The van der Waals surface area contributed by atoms with Gasteiger partial charge in [-0.15, -0.1) is 0 Å². The molecule has 2 N–H and O–H groups in total. The minimum Gasteiger partial charge on any atom is -0.489 e. The summed E-state index contributed by atoms with van der Waals surface area (Å²) in [7, 11) is 1.90. The van der Waals surface area contributed by atoms with Crippen LogP contribution in [-0.2, 0) is 19.5 Å².